The highest BCUT2D eigenvalue weighted by atomic mass is 16.3. The Balaban J connectivity index is 1.98. The number of fused-ring (bicyclic) bond motifs is 1. The molecule has 0 aliphatic carbocycles. The Bertz CT molecular complexity index is 556. The minimum absolute atomic E-state index is 0.639. The van der Waals surface area contributed by atoms with Gasteiger partial charge < -0.3 is 20.7 Å². The van der Waals surface area contributed by atoms with Crippen molar-refractivity contribution in [3.05, 3.63) is 24.0 Å². The summed E-state index contributed by atoms with van der Waals surface area (Å²) in [4.78, 5) is 9.90. The molecule has 1 aromatic heterocycles. The van der Waals surface area contributed by atoms with Crippen molar-refractivity contribution >= 4 is 16.7 Å². The first-order valence-electron chi connectivity index (χ1n) is 6.48. The number of nitrogens with one attached hydrogen (secondary N) is 1. The summed E-state index contributed by atoms with van der Waals surface area (Å²) in [6.07, 6.45) is 0.821. The zero-order chi connectivity index (χ0) is 14.0. The van der Waals surface area contributed by atoms with E-state index in [9.17, 15) is 5.11 Å². The number of hydrogen-bond donors (Lipinski definition) is 3. The number of H-pyrrole nitrogens is 1. The second kappa shape index (κ2) is 5.19. The van der Waals surface area contributed by atoms with Crippen LogP contribution in [0.4, 0.5) is 5.69 Å². The molecule has 0 bridgehead atoms. The van der Waals surface area contributed by atoms with Crippen LogP contribution < -0.4 is 5.73 Å². The number of nitrogens with zero attached hydrogens (tertiary/aromatic N) is 2. The molecule has 0 aliphatic heterocycles. The quantitative estimate of drug-likeness (QED) is 0.712. The number of likely N-dealkylation sites (N-methyl/N-ethyl adjacent to an activating group) is 1. The fourth-order valence-corrected chi connectivity index (χ4v) is 2.23. The molecule has 0 spiro atoms. The van der Waals surface area contributed by atoms with Gasteiger partial charge in [-0.05, 0) is 39.1 Å². The summed E-state index contributed by atoms with van der Waals surface area (Å²) in [7, 11) is 2.00. The van der Waals surface area contributed by atoms with Crippen LogP contribution in [0, 0.1) is 0 Å². The van der Waals surface area contributed by atoms with Gasteiger partial charge in [0.1, 0.15) is 5.82 Å². The first-order chi connectivity index (χ1) is 8.83. The number of rotatable bonds is 5. The molecule has 1 heterocycles. The van der Waals surface area contributed by atoms with Crippen LogP contribution in [0.2, 0.25) is 0 Å². The summed E-state index contributed by atoms with van der Waals surface area (Å²) in [5.41, 5.74) is 7.72. The summed E-state index contributed by atoms with van der Waals surface area (Å²) in [5, 5.41) is 9.75. The number of hydrogen-bond acceptors (Lipinski definition) is 4. The Labute approximate surface area is 113 Å². The Morgan fingerprint density at radius 2 is 2.16 bits per heavy atom. The maximum atomic E-state index is 9.75. The lowest BCUT2D eigenvalue weighted by molar-refractivity contribution is 0.0448. The summed E-state index contributed by atoms with van der Waals surface area (Å²) in [6, 6.07) is 5.67. The molecule has 5 heteroatoms. The van der Waals surface area contributed by atoms with E-state index in [1.807, 2.05) is 39.1 Å². The zero-order valence-corrected chi connectivity index (χ0v) is 11.8. The number of anilines is 1. The second-order valence-corrected chi connectivity index (χ2v) is 5.76. The normalized spacial score (nSPS) is 12.5. The van der Waals surface area contributed by atoms with E-state index >= 15 is 0 Å². The molecule has 0 atom stereocenters. The Morgan fingerprint density at radius 3 is 2.84 bits per heavy atom. The predicted octanol–water partition coefficient (Wildman–Crippen LogP) is 1.39. The lowest BCUT2D eigenvalue weighted by Gasteiger charge is -2.24. The van der Waals surface area contributed by atoms with Gasteiger partial charge in [-0.25, -0.2) is 4.98 Å². The fourth-order valence-electron chi connectivity index (χ4n) is 2.23. The SMILES string of the molecule is CN(CCc1nc2ccc(N)cc2[nH]1)CC(C)(C)O. The molecule has 0 saturated heterocycles. The van der Waals surface area contributed by atoms with Gasteiger partial charge in [0.25, 0.3) is 0 Å². The number of nitrogen functional groups attached to an aromatic ring is 1. The number of aliphatic hydroxyl groups is 1. The molecule has 2 rings (SSSR count). The van der Waals surface area contributed by atoms with Crippen LogP contribution >= 0.6 is 0 Å². The summed E-state index contributed by atoms with van der Waals surface area (Å²) in [6.45, 7) is 5.11. The van der Waals surface area contributed by atoms with Crippen LogP contribution in [-0.2, 0) is 6.42 Å². The Kier molecular flexibility index (Phi) is 3.78. The van der Waals surface area contributed by atoms with Gasteiger partial charge in [0.15, 0.2) is 0 Å². The van der Waals surface area contributed by atoms with Gasteiger partial charge in [0.2, 0.25) is 0 Å². The Hall–Kier alpha value is -1.59. The third-order valence-corrected chi connectivity index (χ3v) is 2.94. The summed E-state index contributed by atoms with van der Waals surface area (Å²) >= 11 is 0. The van der Waals surface area contributed by atoms with Crippen LogP contribution in [0.3, 0.4) is 0 Å². The number of aromatic amines is 1. The molecule has 0 amide bonds. The molecule has 1 aromatic carbocycles. The summed E-state index contributed by atoms with van der Waals surface area (Å²) in [5.74, 6) is 0.947. The lowest BCUT2D eigenvalue weighted by atomic mass is 10.1. The third-order valence-electron chi connectivity index (χ3n) is 2.94. The van der Waals surface area contributed by atoms with E-state index in [0.717, 1.165) is 35.5 Å². The number of imidazole rings is 1. The van der Waals surface area contributed by atoms with Crippen LogP contribution in [0.1, 0.15) is 19.7 Å². The first-order valence-corrected chi connectivity index (χ1v) is 6.48. The molecule has 19 heavy (non-hydrogen) atoms. The van der Waals surface area contributed by atoms with E-state index in [4.69, 9.17) is 5.73 Å². The van der Waals surface area contributed by atoms with E-state index in [1.165, 1.54) is 0 Å². The minimum Gasteiger partial charge on any atom is -0.399 e. The van der Waals surface area contributed by atoms with Crippen molar-refractivity contribution < 1.29 is 5.11 Å². The van der Waals surface area contributed by atoms with Crippen LogP contribution in [-0.4, -0.2) is 45.7 Å². The maximum Gasteiger partial charge on any atom is 0.108 e. The monoisotopic (exact) mass is 262 g/mol. The molecule has 0 radical (unpaired) electrons. The van der Waals surface area contributed by atoms with Crippen molar-refractivity contribution in [3.63, 3.8) is 0 Å². The molecule has 0 fully saturated rings. The van der Waals surface area contributed by atoms with Gasteiger partial charge in [-0.1, -0.05) is 0 Å². The lowest BCUT2D eigenvalue weighted by Crippen LogP contribution is -2.37. The molecule has 0 unspecified atom stereocenters. The van der Waals surface area contributed by atoms with Gasteiger partial charge in [-0.2, -0.15) is 0 Å². The minimum atomic E-state index is -0.670. The average molecular weight is 262 g/mol. The molecule has 5 nitrogen and oxygen atoms in total. The van der Waals surface area contributed by atoms with Crippen molar-refractivity contribution in [1.29, 1.82) is 0 Å². The van der Waals surface area contributed by atoms with Gasteiger partial charge in [0.05, 0.1) is 16.6 Å². The van der Waals surface area contributed by atoms with Crippen molar-refractivity contribution in [2.75, 3.05) is 25.9 Å². The molecule has 0 aliphatic rings. The van der Waals surface area contributed by atoms with Gasteiger partial charge >= 0.3 is 0 Å². The molecular weight excluding hydrogens is 240 g/mol. The third kappa shape index (κ3) is 3.94. The number of aromatic nitrogens is 2. The smallest absolute Gasteiger partial charge is 0.108 e. The van der Waals surface area contributed by atoms with Crippen LogP contribution in [0.15, 0.2) is 18.2 Å². The average Bonchev–Trinajstić information content (AvgIpc) is 2.66. The maximum absolute atomic E-state index is 9.75. The second-order valence-electron chi connectivity index (χ2n) is 5.76. The van der Waals surface area contributed by atoms with Crippen molar-refractivity contribution in [3.8, 4) is 0 Å². The first kappa shape index (κ1) is 13.8. The van der Waals surface area contributed by atoms with E-state index in [2.05, 4.69) is 14.9 Å². The van der Waals surface area contributed by atoms with E-state index in [0.29, 0.717) is 6.54 Å². The number of benzene rings is 1. The molecular formula is C14H22N4O. The zero-order valence-electron chi connectivity index (χ0n) is 11.8. The van der Waals surface area contributed by atoms with Gasteiger partial charge in [-0.3, -0.25) is 0 Å². The van der Waals surface area contributed by atoms with Crippen molar-refractivity contribution in [2.24, 2.45) is 0 Å². The van der Waals surface area contributed by atoms with Crippen LogP contribution in [0.5, 0.6) is 0 Å². The molecule has 104 valence electrons. The number of nitrogens with two attached hydrogens (primary N) is 1. The Morgan fingerprint density at radius 1 is 1.42 bits per heavy atom. The molecule has 2 aromatic rings. The fraction of sp³-hybridized carbons (Fsp3) is 0.500. The summed E-state index contributed by atoms with van der Waals surface area (Å²) < 4.78 is 0. The standard InChI is InChI=1S/C14H22N4O/c1-14(2,19)9-18(3)7-6-13-16-11-5-4-10(15)8-12(11)17-13/h4-5,8,19H,6-7,9,15H2,1-3H3,(H,16,17). The topological polar surface area (TPSA) is 78.2 Å². The molecule has 4 N–H and O–H groups in total. The highest BCUT2D eigenvalue weighted by Crippen LogP contribution is 2.15. The molecule has 0 saturated carbocycles. The van der Waals surface area contributed by atoms with E-state index in [-0.39, 0.29) is 0 Å². The van der Waals surface area contributed by atoms with E-state index < -0.39 is 5.60 Å². The predicted molar refractivity (Wildman–Crippen MR) is 78.0 cm³/mol. The highest BCUT2D eigenvalue weighted by Gasteiger charge is 2.15. The largest absolute Gasteiger partial charge is 0.399 e. The van der Waals surface area contributed by atoms with Crippen molar-refractivity contribution in [2.45, 2.75) is 25.9 Å². The van der Waals surface area contributed by atoms with Gasteiger partial charge in [0, 0.05) is 25.2 Å². The van der Waals surface area contributed by atoms with Crippen molar-refractivity contribution in [1.82, 2.24) is 14.9 Å². The highest BCUT2D eigenvalue weighted by molar-refractivity contribution is 5.78. The van der Waals surface area contributed by atoms with Gasteiger partial charge in [-0.15, -0.1) is 0 Å². The van der Waals surface area contributed by atoms with Crippen LogP contribution in [0.25, 0.3) is 11.0 Å². The van der Waals surface area contributed by atoms with E-state index in [1.54, 1.807) is 0 Å².